The van der Waals surface area contributed by atoms with Gasteiger partial charge in [-0.3, -0.25) is 4.57 Å². The number of hydrogen-bond donors (Lipinski definition) is 2. The van der Waals surface area contributed by atoms with E-state index in [1.54, 1.807) is 10.9 Å². The molecule has 4 rings (SSSR count). The maximum absolute atomic E-state index is 9.40. The average molecular weight is 405 g/mol. The molecule has 0 unspecified atom stereocenters. The molecule has 10 heteroatoms. The van der Waals surface area contributed by atoms with Crippen molar-refractivity contribution < 1.29 is 19.3 Å². The van der Waals surface area contributed by atoms with Crippen molar-refractivity contribution in [2.45, 2.75) is 24.5 Å². The van der Waals surface area contributed by atoms with Gasteiger partial charge in [0.1, 0.15) is 30.6 Å². The largest absolute Gasteiger partial charge is 0.394 e. The lowest BCUT2D eigenvalue weighted by molar-refractivity contribution is -0.108. The number of imidazole rings is 1. The number of aromatic nitrogens is 4. The number of rotatable bonds is 2. The number of nitrogens with two attached hydrogens (primary N) is 1. The summed E-state index contributed by atoms with van der Waals surface area (Å²) in [5.74, 6) is 0.319. The first-order chi connectivity index (χ1) is 10.2. The normalized spacial score (nSPS) is 31.9. The maximum atomic E-state index is 9.40. The van der Waals surface area contributed by atoms with Crippen molar-refractivity contribution >= 4 is 39.6 Å². The van der Waals surface area contributed by atoms with E-state index in [2.05, 4.69) is 15.0 Å². The highest BCUT2D eigenvalue weighted by atomic mass is 127. The molecule has 0 aliphatic carbocycles. The van der Waals surface area contributed by atoms with Crippen molar-refractivity contribution in [1.29, 1.82) is 0 Å². The topological polar surface area (TPSA) is 118 Å². The molecular formula is C11H12IN5O4. The van der Waals surface area contributed by atoms with Gasteiger partial charge in [-0.05, 0) is 0 Å². The minimum Gasteiger partial charge on any atom is -0.394 e. The van der Waals surface area contributed by atoms with E-state index in [-0.39, 0.29) is 25.6 Å². The fourth-order valence-electron chi connectivity index (χ4n) is 2.75. The van der Waals surface area contributed by atoms with Crippen LogP contribution < -0.4 is 5.73 Å². The summed E-state index contributed by atoms with van der Waals surface area (Å²) in [6.07, 6.45) is 0.0849. The van der Waals surface area contributed by atoms with Crippen molar-refractivity contribution in [2.24, 2.45) is 0 Å². The molecule has 9 nitrogen and oxygen atoms in total. The van der Waals surface area contributed by atoms with E-state index >= 15 is 0 Å². The minimum atomic E-state index is -0.468. The first-order valence-electron chi connectivity index (χ1n) is 6.34. The molecule has 2 fully saturated rings. The van der Waals surface area contributed by atoms with Gasteiger partial charge in [-0.2, -0.15) is 0 Å². The van der Waals surface area contributed by atoms with Gasteiger partial charge in [0.2, 0.25) is 0 Å². The lowest BCUT2D eigenvalue weighted by Crippen LogP contribution is -2.30. The summed E-state index contributed by atoms with van der Waals surface area (Å²) in [7, 11) is 0. The zero-order valence-electron chi connectivity index (χ0n) is 10.7. The highest BCUT2D eigenvalue weighted by Gasteiger charge is 2.50. The molecule has 0 radical (unpaired) electrons. The van der Waals surface area contributed by atoms with Crippen LogP contribution in [0.2, 0.25) is 0 Å². The summed E-state index contributed by atoms with van der Waals surface area (Å²) >= 11 is 1.99. The predicted molar refractivity (Wildman–Crippen MR) is 78.1 cm³/mol. The number of halogens is 1. The number of aliphatic hydroxyl groups is 1. The van der Waals surface area contributed by atoms with Crippen molar-refractivity contribution in [3.8, 4) is 0 Å². The SMILES string of the molecule is Nc1nc(I)nc2c1ncn2[C@@H]1O[C@H](CO)[C@H]2OCO[C@H]21. The second-order valence-electron chi connectivity index (χ2n) is 4.83. The highest BCUT2D eigenvalue weighted by molar-refractivity contribution is 14.1. The van der Waals surface area contributed by atoms with E-state index < -0.39 is 12.3 Å². The van der Waals surface area contributed by atoms with Crippen LogP contribution in [-0.4, -0.2) is 56.3 Å². The lowest BCUT2D eigenvalue weighted by Gasteiger charge is -2.17. The molecular weight excluding hydrogens is 393 g/mol. The van der Waals surface area contributed by atoms with Crippen molar-refractivity contribution in [2.75, 3.05) is 19.1 Å². The molecule has 0 amide bonds. The van der Waals surface area contributed by atoms with Gasteiger partial charge < -0.3 is 25.1 Å². The van der Waals surface area contributed by atoms with Gasteiger partial charge in [0.15, 0.2) is 21.5 Å². The number of nitrogen functional groups attached to an aromatic ring is 1. The molecule has 0 bridgehead atoms. The van der Waals surface area contributed by atoms with E-state index in [0.717, 1.165) is 0 Å². The molecule has 2 aliphatic heterocycles. The zero-order valence-corrected chi connectivity index (χ0v) is 12.9. The Morgan fingerprint density at radius 3 is 3.00 bits per heavy atom. The van der Waals surface area contributed by atoms with Crippen LogP contribution >= 0.6 is 22.6 Å². The molecule has 21 heavy (non-hydrogen) atoms. The van der Waals surface area contributed by atoms with Crippen LogP contribution in [0.5, 0.6) is 0 Å². The molecule has 4 heterocycles. The van der Waals surface area contributed by atoms with Crippen LogP contribution in [0, 0.1) is 3.83 Å². The summed E-state index contributed by atoms with van der Waals surface area (Å²) < 4.78 is 19.1. The molecule has 0 saturated carbocycles. The van der Waals surface area contributed by atoms with Gasteiger partial charge in [-0.1, -0.05) is 0 Å². The first kappa shape index (κ1) is 13.6. The lowest BCUT2D eigenvalue weighted by atomic mass is 10.1. The van der Waals surface area contributed by atoms with Gasteiger partial charge >= 0.3 is 0 Å². The smallest absolute Gasteiger partial charge is 0.194 e. The zero-order chi connectivity index (χ0) is 14.6. The van der Waals surface area contributed by atoms with Gasteiger partial charge in [0, 0.05) is 22.6 Å². The predicted octanol–water partition coefficient (Wildman–Crippen LogP) is -0.356. The quantitative estimate of drug-likeness (QED) is 0.514. The van der Waals surface area contributed by atoms with Crippen molar-refractivity contribution in [3.05, 3.63) is 10.2 Å². The average Bonchev–Trinajstić information content (AvgIpc) is 3.11. The molecule has 3 N–H and O–H groups in total. The molecule has 2 aliphatic rings. The Kier molecular flexibility index (Phi) is 3.22. The fourth-order valence-corrected chi connectivity index (χ4v) is 3.24. The van der Waals surface area contributed by atoms with Crippen LogP contribution in [0.25, 0.3) is 11.2 Å². The van der Waals surface area contributed by atoms with Gasteiger partial charge in [0.25, 0.3) is 0 Å². The summed E-state index contributed by atoms with van der Waals surface area (Å²) in [6.45, 7) is 0.0509. The van der Waals surface area contributed by atoms with Crippen LogP contribution in [0.1, 0.15) is 6.23 Å². The van der Waals surface area contributed by atoms with Gasteiger partial charge in [-0.25, -0.2) is 15.0 Å². The summed E-state index contributed by atoms with van der Waals surface area (Å²) in [4.78, 5) is 12.7. The highest BCUT2D eigenvalue weighted by Crippen LogP contribution is 2.38. The number of nitrogens with zero attached hydrogens (tertiary/aromatic N) is 4. The number of aliphatic hydroxyl groups excluding tert-OH is 1. The molecule has 0 aromatic carbocycles. The van der Waals surface area contributed by atoms with Crippen molar-refractivity contribution in [3.63, 3.8) is 0 Å². The second kappa shape index (κ2) is 4.98. The Hall–Kier alpha value is -1.08. The van der Waals surface area contributed by atoms with Crippen LogP contribution in [-0.2, 0) is 14.2 Å². The van der Waals surface area contributed by atoms with Crippen molar-refractivity contribution in [1.82, 2.24) is 19.5 Å². The van der Waals surface area contributed by atoms with Crippen LogP contribution in [0.15, 0.2) is 6.33 Å². The molecule has 2 aromatic rings. The van der Waals surface area contributed by atoms with E-state index in [1.807, 2.05) is 22.6 Å². The number of hydrogen-bond acceptors (Lipinski definition) is 8. The molecule has 2 aromatic heterocycles. The summed E-state index contributed by atoms with van der Waals surface area (Å²) in [6, 6.07) is 0. The van der Waals surface area contributed by atoms with E-state index in [4.69, 9.17) is 19.9 Å². The van der Waals surface area contributed by atoms with E-state index in [1.165, 1.54) is 0 Å². The first-order valence-corrected chi connectivity index (χ1v) is 7.42. The minimum absolute atomic E-state index is 0.137. The number of ether oxygens (including phenoxy) is 3. The monoisotopic (exact) mass is 405 g/mol. The standard InChI is InChI=1S/C11H12IN5O4/c12-11-15-8(13)5-9(16-11)17(2-14-5)10-7-6(19-3-20-7)4(1-18)21-10/h2,4,6-7,10,18H,1,3H2,(H2,13,15,16)/t4-,6-,7-,10-/m1/s1. The Morgan fingerprint density at radius 1 is 1.38 bits per heavy atom. The third kappa shape index (κ3) is 2.01. The summed E-state index contributed by atoms with van der Waals surface area (Å²) in [5, 5.41) is 9.40. The Balaban J connectivity index is 1.80. The fraction of sp³-hybridized carbons (Fsp3) is 0.545. The van der Waals surface area contributed by atoms with E-state index in [0.29, 0.717) is 20.8 Å². The molecule has 0 spiro atoms. The van der Waals surface area contributed by atoms with Gasteiger partial charge in [-0.15, -0.1) is 0 Å². The molecule has 2 saturated heterocycles. The van der Waals surface area contributed by atoms with Crippen LogP contribution in [0.4, 0.5) is 5.82 Å². The molecule has 112 valence electrons. The summed E-state index contributed by atoms with van der Waals surface area (Å²) in [5.41, 5.74) is 6.95. The number of anilines is 1. The second-order valence-corrected chi connectivity index (χ2v) is 5.79. The Morgan fingerprint density at radius 2 is 2.19 bits per heavy atom. The van der Waals surface area contributed by atoms with Gasteiger partial charge in [0.05, 0.1) is 12.9 Å². The van der Waals surface area contributed by atoms with Crippen LogP contribution in [0.3, 0.4) is 0 Å². The van der Waals surface area contributed by atoms with E-state index in [9.17, 15) is 5.11 Å². The molecule has 4 atom stereocenters. The maximum Gasteiger partial charge on any atom is 0.194 e. The third-order valence-corrected chi connectivity index (χ3v) is 4.16. The third-order valence-electron chi connectivity index (χ3n) is 3.68. The Bertz CT molecular complexity index is 695. The Labute approximate surface area is 132 Å². The number of fused-ring (bicyclic) bond motifs is 2.